The van der Waals surface area contributed by atoms with Gasteiger partial charge in [0.05, 0.1) is 0 Å². The van der Waals surface area contributed by atoms with Gasteiger partial charge in [-0.15, -0.1) is 0 Å². The van der Waals surface area contributed by atoms with Crippen LogP contribution in [0.1, 0.15) is 52.9 Å². The van der Waals surface area contributed by atoms with Crippen LogP contribution in [-0.2, 0) is 4.79 Å². The molecule has 0 rings (SSSR count). The third kappa shape index (κ3) is 4.35. The second-order valence-electron chi connectivity index (χ2n) is 3.38. The third-order valence-corrected chi connectivity index (χ3v) is 2.35. The highest BCUT2D eigenvalue weighted by molar-refractivity contribution is 5.52. The summed E-state index contributed by atoms with van der Waals surface area (Å²) < 4.78 is 0. The Labute approximate surface area is 75.9 Å². The van der Waals surface area contributed by atoms with Crippen molar-refractivity contribution in [2.24, 2.45) is 5.92 Å². The lowest BCUT2D eigenvalue weighted by Crippen LogP contribution is -1.99. The van der Waals surface area contributed by atoms with Crippen LogP contribution in [0, 0.1) is 5.92 Å². The summed E-state index contributed by atoms with van der Waals surface area (Å²) >= 11 is 0. The van der Waals surface area contributed by atoms with E-state index < -0.39 is 0 Å². The van der Waals surface area contributed by atoms with Crippen LogP contribution in [-0.4, -0.2) is 5.94 Å². The van der Waals surface area contributed by atoms with Crippen molar-refractivity contribution in [1.29, 1.82) is 0 Å². The van der Waals surface area contributed by atoms with Crippen LogP contribution in [0.5, 0.6) is 0 Å². The van der Waals surface area contributed by atoms with E-state index in [1.807, 2.05) is 12.9 Å². The lowest BCUT2D eigenvalue weighted by molar-refractivity contribution is 0.530. The SMILES string of the molecule is CCCCCC(C)C(=C=O)CC. The Kier molecular flexibility index (Phi) is 6.79. The monoisotopic (exact) mass is 168 g/mol. The third-order valence-electron chi connectivity index (χ3n) is 2.35. The summed E-state index contributed by atoms with van der Waals surface area (Å²) in [5, 5.41) is 0. The van der Waals surface area contributed by atoms with Crippen molar-refractivity contribution in [3.63, 3.8) is 0 Å². The van der Waals surface area contributed by atoms with Gasteiger partial charge in [-0.25, -0.2) is 4.79 Å². The Morgan fingerprint density at radius 1 is 1.33 bits per heavy atom. The molecule has 0 aliphatic rings. The minimum atomic E-state index is 0.444. The maximum absolute atomic E-state index is 10.4. The topological polar surface area (TPSA) is 17.1 Å². The second-order valence-corrected chi connectivity index (χ2v) is 3.38. The summed E-state index contributed by atoms with van der Waals surface area (Å²) in [6.07, 6.45) is 5.77. The zero-order valence-corrected chi connectivity index (χ0v) is 8.52. The summed E-state index contributed by atoms with van der Waals surface area (Å²) in [4.78, 5) is 10.4. The van der Waals surface area contributed by atoms with Crippen LogP contribution >= 0.6 is 0 Å². The smallest absolute Gasteiger partial charge is 0.123 e. The molecule has 0 fully saturated rings. The molecule has 0 aliphatic carbocycles. The lowest BCUT2D eigenvalue weighted by Gasteiger charge is -2.09. The minimum Gasteiger partial charge on any atom is -0.234 e. The maximum atomic E-state index is 10.4. The van der Waals surface area contributed by atoms with E-state index in [-0.39, 0.29) is 0 Å². The van der Waals surface area contributed by atoms with E-state index >= 15 is 0 Å². The summed E-state index contributed by atoms with van der Waals surface area (Å²) in [5.74, 6) is 2.49. The average Bonchev–Trinajstić information content (AvgIpc) is 2.07. The van der Waals surface area contributed by atoms with Gasteiger partial charge in [-0.3, -0.25) is 0 Å². The predicted octanol–water partition coefficient (Wildman–Crippen LogP) is 3.37. The molecule has 0 N–H and O–H groups in total. The molecule has 0 saturated carbocycles. The van der Waals surface area contributed by atoms with E-state index in [1.54, 1.807) is 0 Å². The van der Waals surface area contributed by atoms with E-state index in [0.29, 0.717) is 5.92 Å². The van der Waals surface area contributed by atoms with Gasteiger partial charge in [0.1, 0.15) is 5.94 Å². The first-order valence-electron chi connectivity index (χ1n) is 5.00. The van der Waals surface area contributed by atoms with Crippen LogP contribution in [0.25, 0.3) is 0 Å². The minimum absolute atomic E-state index is 0.444. The summed E-state index contributed by atoms with van der Waals surface area (Å²) in [7, 11) is 0. The van der Waals surface area contributed by atoms with Gasteiger partial charge in [0.2, 0.25) is 0 Å². The molecule has 0 bridgehead atoms. The molecule has 0 aromatic carbocycles. The molecule has 0 aromatic heterocycles. The fourth-order valence-electron chi connectivity index (χ4n) is 1.40. The Hall–Kier alpha value is -0.550. The fourth-order valence-corrected chi connectivity index (χ4v) is 1.40. The predicted molar refractivity (Wildman–Crippen MR) is 52.8 cm³/mol. The Morgan fingerprint density at radius 3 is 2.42 bits per heavy atom. The lowest BCUT2D eigenvalue weighted by atomic mass is 9.94. The number of hydrogen-bond acceptors (Lipinski definition) is 1. The first kappa shape index (κ1) is 11.4. The van der Waals surface area contributed by atoms with Crippen molar-refractivity contribution in [3.05, 3.63) is 5.57 Å². The summed E-state index contributed by atoms with van der Waals surface area (Å²) in [5.41, 5.74) is 0.950. The van der Waals surface area contributed by atoms with Crippen molar-refractivity contribution in [2.75, 3.05) is 0 Å². The highest BCUT2D eigenvalue weighted by Crippen LogP contribution is 2.18. The summed E-state index contributed by atoms with van der Waals surface area (Å²) in [6.45, 7) is 6.34. The first-order valence-corrected chi connectivity index (χ1v) is 5.00. The Bertz CT molecular complexity index is 154. The highest BCUT2D eigenvalue weighted by atomic mass is 16.1. The van der Waals surface area contributed by atoms with Crippen molar-refractivity contribution < 1.29 is 4.79 Å². The van der Waals surface area contributed by atoms with Crippen LogP contribution in [0.4, 0.5) is 0 Å². The second kappa shape index (κ2) is 7.12. The van der Waals surface area contributed by atoms with Crippen molar-refractivity contribution in [1.82, 2.24) is 0 Å². The van der Waals surface area contributed by atoms with Crippen LogP contribution < -0.4 is 0 Å². The number of hydrogen-bond donors (Lipinski definition) is 0. The molecule has 1 unspecified atom stereocenters. The van der Waals surface area contributed by atoms with Crippen molar-refractivity contribution in [2.45, 2.75) is 52.9 Å². The Balaban J connectivity index is 3.70. The molecule has 0 saturated heterocycles. The quantitative estimate of drug-likeness (QED) is 0.439. The zero-order chi connectivity index (χ0) is 9.40. The molecule has 0 spiro atoms. The van der Waals surface area contributed by atoms with Crippen LogP contribution in [0.3, 0.4) is 0 Å². The highest BCUT2D eigenvalue weighted by Gasteiger charge is 2.06. The van der Waals surface area contributed by atoms with Gasteiger partial charge in [0.15, 0.2) is 0 Å². The molecule has 70 valence electrons. The van der Waals surface area contributed by atoms with Gasteiger partial charge in [-0.1, -0.05) is 40.0 Å². The molecule has 1 heteroatoms. The van der Waals surface area contributed by atoms with E-state index in [1.165, 1.54) is 19.3 Å². The van der Waals surface area contributed by atoms with E-state index in [4.69, 9.17) is 0 Å². The maximum Gasteiger partial charge on any atom is 0.123 e. The van der Waals surface area contributed by atoms with Gasteiger partial charge < -0.3 is 0 Å². The average molecular weight is 168 g/mol. The normalized spacial score (nSPS) is 12.2. The van der Waals surface area contributed by atoms with Crippen molar-refractivity contribution in [3.8, 4) is 0 Å². The van der Waals surface area contributed by atoms with E-state index in [9.17, 15) is 4.79 Å². The number of unbranched alkanes of at least 4 members (excludes halogenated alkanes) is 2. The molecule has 1 nitrogen and oxygen atoms in total. The largest absolute Gasteiger partial charge is 0.234 e. The first-order chi connectivity index (χ1) is 5.76. The van der Waals surface area contributed by atoms with Crippen LogP contribution in [0.15, 0.2) is 5.57 Å². The zero-order valence-electron chi connectivity index (χ0n) is 8.52. The molecular weight excluding hydrogens is 148 g/mol. The molecule has 0 heterocycles. The van der Waals surface area contributed by atoms with Gasteiger partial charge in [0.25, 0.3) is 0 Å². The van der Waals surface area contributed by atoms with Gasteiger partial charge in [-0.05, 0) is 18.8 Å². The number of rotatable bonds is 6. The van der Waals surface area contributed by atoms with Gasteiger partial charge in [0, 0.05) is 5.57 Å². The molecule has 1 atom stereocenters. The molecule has 0 aromatic rings. The fraction of sp³-hybridized carbons (Fsp3) is 0.818. The molecule has 12 heavy (non-hydrogen) atoms. The van der Waals surface area contributed by atoms with E-state index in [2.05, 4.69) is 13.8 Å². The molecule has 0 radical (unpaired) electrons. The molecular formula is C11H20O. The number of allylic oxidation sites excluding steroid dienone is 1. The molecule has 0 amide bonds. The molecule has 0 aliphatic heterocycles. The summed E-state index contributed by atoms with van der Waals surface area (Å²) in [6, 6.07) is 0. The Morgan fingerprint density at radius 2 is 2.00 bits per heavy atom. The van der Waals surface area contributed by atoms with E-state index in [0.717, 1.165) is 18.4 Å². The van der Waals surface area contributed by atoms with Gasteiger partial charge >= 0.3 is 0 Å². The van der Waals surface area contributed by atoms with Crippen molar-refractivity contribution >= 4 is 5.94 Å². The van der Waals surface area contributed by atoms with Gasteiger partial charge in [-0.2, -0.15) is 0 Å². The van der Waals surface area contributed by atoms with Crippen LogP contribution in [0.2, 0.25) is 0 Å². The number of carbonyl (C=O) groups excluding carboxylic acids is 1. The standard InChI is InChI=1S/C11H20O/c1-4-6-7-8-10(3)11(5-2)9-12/h10H,4-8H2,1-3H3.